The molecule has 0 heterocycles. The minimum atomic E-state index is -3.63. The van der Waals surface area contributed by atoms with Crippen LogP contribution in [0.1, 0.15) is 0 Å². The van der Waals surface area contributed by atoms with Crippen molar-refractivity contribution in [2.75, 3.05) is 25.2 Å². The summed E-state index contributed by atoms with van der Waals surface area (Å²) in [6.45, 7) is 0. The Bertz CT molecular complexity index is 514. The van der Waals surface area contributed by atoms with Crippen LogP contribution in [0.2, 0.25) is 0 Å². The molecule has 0 bridgehead atoms. The molecule has 0 aliphatic rings. The lowest BCUT2D eigenvalue weighted by Crippen LogP contribution is -2.32. The number of hydrogen-bond acceptors (Lipinski definition) is 3. The first-order valence-corrected chi connectivity index (χ1v) is 6.38. The number of amides is 1. The second-order valence-electron chi connectivity index (χ2n) is 3.57. The van der Waals surface area contributed by atoms with Crippen LogP contribution in [0, 0.1) is 5.82 Å². The molecular formula is C10H13FN2O3S. The number of nitrogens with zero attached hydrogens (tertiary/aromatic N) is 1. The molecule has 0 aromatic heterocycles. The van der Waals surface area contributed by atoms with Crippen LogP contribution >= 0.6 is 0 Å². The standard InChI is InChI=1S/C10H13FN2O3S/c1-13(2)17(15,16)7-10(14)12-9-6-4-3-5-8(9)11/h3-6H,7H2,1-2H3,(H,12,14). The number of rotatable bonds is 4. The number of para-hydroxylation sites is 1. The van der Waals surface area contributed by atoms with Gasteiger partial charge in [-0.3, -0.25) is 4.79 Å². The highest BCUT2D eigenvalue weighted by atomic mass is 32.2. The first-order valence-electron chi connectivity index (χ1n) is 4.77. The van der Waals surface area contributed by atoms with E-state index in [4.69, 9.17) is 0 Å². The average molecular weight is 260 g/mol. The molecule has 17 heavy (non-hydrogen) atoms. The zero-order chi connectivity index (χ0) is 13.1. The van der Waals surface area contributed by atoms with Crippen LogP contribution in [-0.2, 0) is 14.8 Å². The fourth-order valence-electron chi connectivity index (χ4n) is 1.04. The predicted octanol–water partition coefficient (Wildman–Crippen LogP) is 0.656. The fourth-order valence-corrected chi connectivity index (χ4v) is 1.71. The Morgan fingerprint density at radius 1 is 1.35 bits per heavy atom. The van der Waals surface area contributed by atoms with Gasteiger partial charge in [0.25, 0.3) is 0 Å². The molecule has 0 aliphatic carbocycles. The van der Waals surface area contributed by atoms with Crippen LogP contribution in [0.5, 0.6) is 0 Å². The lowest BCUT2D eigenvalue weighted by atomic mass is 10.3. The van der Waals surface area contributed by atoms with Crippen LogP contribution in [-0.4, -0.2) is 38.5 Å². The van der Waals surface area contributed by atoms with E-state index in [2.05, 4.69) is 5.32 Å². The molecule has 1 rings (SSSR count). The van der Waals surface area contributed by atoms with E-state index in [9.17, 15) is 17.6 Å². The highest BCUT2D eigenvalue weighted by Crippen LogP contribution is 2.12. The smallest absolute Gasteiger partial charge is 0.241 e. The van der Waals surface area contributed by atoms with Crippen LogP contribution in [0.25, 0.3) is 0 Å². The van der Waals surface area contributed by atoms with Crippen molar-refractivity contribution in [3.8, 4) is 0 Å². The zero-order valence-corrected chi connectivity index (χ0v) is 10.3. The highest BCUT2D eigenvalue weighted by molar-refractivity contribution is 7.89. The minimum absolute atomic E-state index is 0.0357. The van der Waals surface area contributed by atoms with Crippen molar-refractivity contribution in [3.63, 3.8) is 0 Å². The van der Waals surface area contributed by atoms with Gasteiger partial charge < -0.3 is 5.32 Å². The summed E-state index contributed by atoms with van der Waals surface area (Å²) in [6, 6.07) is 5.55. The molecule has 0 fully saturated rings. The average Bonchev–Trinajstić information content (AvgIpc) is 2.20. The third kappa shape index (κ3) is 3.79. The van der Waals surface area contributed by atoms with Gasteiger partial charge in [-0.15, -0.1) is 0 Å². The summed E-state index contributed by atoms with van der Waals surface area (Å²) in [5, 5.41) is 2.20. The molecule has 1 amide bonds. The maximum Gasteiger partial charge on any atom is 0.241 e. The number of sulfonamides is 1. The quantitative estimate of drug-likeness (QED) is 0.864. The second kappa shape index (κ2) is 5.24. The number of nitrogens with one attached hydrogen (secondary N) is 1. The van der Waals surface area contributed by atoms with E-state index in [1.165, 1.54) is 32.3 Å². The molecule has 0 unspecified atom stereocenters. The molecule has 0 spiro atoms. The van der Waals surface area contributed by atoms with E-state index in [-0.39, 0.29) is 5.69 Å². The van der Waals surface area contributed by atoms with Gasteiger partial charge >= 0.3 is 0 Å². The second-order valence-corrected chi connectivity index (χ2v) is 5.75. The molecule has 0 saturated carbocycles. The van der Waals surface area contributed by atoms with E-state index in [0.29, 0.717) is 0 Å². The van der Waals surface area contributed by atoms with Crippen molar-refractivity contribution in [2.24, 2.45) is 0 Å². The van der Waals surface area contributed by atoms with E-state index < -0.39 is 27.5 Å². The minimum Gasteiger partial charge on any atom is -0.323 e. The summed E-state index contributed by atoms with van der Waals surface area (Å²) in [6.07, 6.45) is 0. The Hall–Kier alpha value is -1.47. The van der Waals surface area contributed by atoms with Crippen molar-refractivity contribution < 1.29 is 17.6 Å². The molecule has 0 aliphatic heterocycles. The molecule has 1 aromatic carbocycles. The first kappa shape index (κ1) is 13.6. The van der Waals surface area contributed by atoms with Gasteiger partial charge in [0.05, 0.1) is 5.69 Å². The number of hydrogen-bond donors (Lipinski definition) is 1. The first-order chi connectivity index (χ1) is 7.83. The summed E-state index contributed by atoms with van der Waals surface area (Å²) in [7, 11) is -0.981. The topological polar surface area (TPSA) is 66.5 Å². The Kier molecular flexibility index (Phi) is 4.19. The summed E-state index contributed by atoms with van der Waals surface area (Å²) in [4.78, 5) is 11.4. The predicted molar refractivity (Wildman–Crippen MR) is 62.5 cm³/mol. The van der Waals surface area contributed by atoms with Gasteiger partial charge in [0.1, 0.15) is 11.6 Å². The van der Waals surface area contributed by atoms with Crippen LogP contribution in [0.3, 0.4) is 0 Å². The molecule has 0 radical (unpaired) electrons. The molecule has 7 heteroatoms. The fraction of sp³-hybridized carbons (Fsp3) is 0.300. The maximum atomic E-state index is 13.2. The number of benzene rings is 1. The van der Waals surface area contributed by atoms with Gasteiger partial charge in [-0.05, 0) is 12.1 Å². The van der Waals surface area contributed by atoms with Gasteiger partial charge in [-0.1, -0.05) is 12.1 Å². The SMILES string of the molecule is CN(C)S(=O)(=O)CC(=O)Nc1ccccc1F. The van der Waals surface area contributed by atoms with E-state index in [1.807, 2.05) is 0 Å². The molecular weight excluding hydrogens is 247 g/mol. The van der Waals surface area contributed by atoms with E-state index >= 15 is 0 Å². The molecule has 0 saturated heterocycles. The normalized spacial score (nSPS) is 11.5. The summed E-state index contributed by atoms with van der Waals surface area (Å²) in [5.41, 5.74) is -0.0357. The van der Waals surface area contributed by atoms with Crippen LogP contribution in [0.4, 0.5) is 10.1 Å². The maximum absolute atomic E-state index is 13.2. The Morgan fingerprint density at radius 2 is 1.94 bits per heavy atom. The van der Waals surface area contributed by atoms with Crippen molar-refractivity contribution >= 4 is 21.6 Å². The van der Waals surface area contributed by atoms with Crippen LogP contribution < -0.4 is 5.32 Å². The molecule has 1 N–H and O–H groups in total. The monoisotopic (exact) mass is 260 g/mol. The van der Waals surface area contributed by atoms with Crippen molar-refractivity contribution in [1.82, 2.24) is 4.31 Å². The molecule has 0 atom stereocenters. The van der Waals surface area contributed by atoms with E-state index in [0.717, 1.165) is 4.31 Å². The molecule has 5 nitrogen and oxygen atoms in total. The Labute approximate surface area is 99.3 Å². The van der Waals surface area contributed by atoms with Gasteiger partial charge in [0.2, 0.25) is 15.9 Å². The summed E-state index contributed by atoms with van der Waals surface area (Å²) >= 11 is 0. The largest absolute Gasteiger partial charge is 0.323 e. The number of halogens is 1. The van der Waals surface area contributed by atoms with Crippen molar-refractivity contribution in [2.45, 2.75) is 0 Å². The van der Waals surface area contributed by atoms with E-state index in [1.54, 1.807) is 6.07 Å². The lowest BCUT2D eigenvalue weighted by Gasteiger charge is -2.11. The van der Waals surface area contributed by atoms with Crippen molar-refractivity contribution in [3.05, 3.63) is 30.1 Å². The van der Waals surface area contributed by atoms with Gasteiger partial charge in [0.15, 0.2) is 0 Å². The summed E-state index contributed by atoms with van der Waals surface area (Å²) < 4.78 is 36.9. The van der Waals surface area contributed by atoms with Gasteiger partial charge in [-0.25, -0.2) is 17.1 Å². The van der Waals surface area contributed by atoms with Gasteiger partial charge in [0, 0.05) is 14.1 Å². The lowest BCUT2D eigenvalue weighted by molar-refractivity contribution is -0.113. The molecule has 1 aromatic rings. The van der Waals surface area contributed by atoms with Gasteiger partial charge in [-0.2, -0.15) is 0 Å². The third-order valence-corrected chi connectivity index (χ3v) is 3.76. The number of anilines is 1. The highest BCUT2D eigenvalue weighted by Gasteiger charge is 2.19. The number of carbonyl (C=O) groups excluding carboxylic acids is 1. The number of carbonyl (C=O) groups is 1. The van der Waals surface area contributed by atoms with Crippen molar-refractivity contribution in [1.29, 1.82) is 0 Å². The Morgan fingerprint density at radius 3 is 2.47 bits per heavy atom. The third-order valence-electron chi connectivity index (χ3n) is 2.02. The zero-order valence-electron chi connectivity index (χ0n) is 9.47. The summed E-state index contributed by atoms with van der Waals surface area (Å²) in [5.74, 6) is -2.10. The molecule has 94 valence electrons. The van der Waals surface area contributed by atoms with Crippen LogP contribution in [0.15, 0.2) is 24.3 Å². The Balaban J connectivity index is 2.72.